The molecule has 0 bridgehead atoms. The van der Waals surface area contributed by atoms with E-state index in [0.717, 1.165) is 37.4 Å². The van der Waals surface area contributed by atoms with Gasteiger partial charge in [0.25, 0.3) is 5.69 Å². The first kappa shape index (κ1) is 22.6. The Kier molecular flexibility index (Phi) is 7.92. The molecule has 1 heterocycles. The number of nitro benzene ring substituents is 1. The van der Waals surface area contributed by atoms with Crippen molar-refractivity contribution in [1.82, 2.24) is 5.32 Å². The molecule has 3 rings (SSSR count). The summed E-state index contributed by atoms with van der Waals surface area (Å²) in [6.07, 6.45) is 0. The Morgan fingerprint density at radius 2 is 1.72 bits per heavy atom. The minimum absolute atomic E-state index is 0. The van der Waals surface area contributed by atoms with Gasteiger partial charge in [-0.1, -0.05) is 0 Å². The third kappa shape index (κ3) is 5.42. The van der Waals surface area contributed by atoms with Gasteiger partial charge in [0.15, 0.2) is 0 Å². The molecule has 1 atom stereocenters. The lowest BCUT2D eigenvalue weighted by Crippen LogP contribution is -2.43. The number of piperazine rings is 1. The molecule has 0 radical (unpaired) electrons. The Morgan fingerprint density at radius 1 is 1.10 bits per heavy atom. The largest absolute Gasteiger partial charge is 0.497 e. The van der Waals surface area contributed by atoms with Crippen LogP contribution in [0.25, 0.3) is 0 Å². The molecule has 0 aromatic heterocycles. The Hall–Kier alpha value is -2.71. The monoisotopic (exact) mass is 422 g/mol. The van der Waals surface area contributed by atoms with Crippen molar-refractivity contribution >= 4 is 29.5 Å². The fourth-order valence-electron chi connectivity index (χ4n) is 3.31. The van der Waals surface area contributed by atoms with Crippen LogP contribution in [-0.4, -0.2) is 45.3 Å². The molecule has 1 unspecified atom stereocenters. The second kappa shape index (κ2) is 10.2. The highest BCUT2D eigenvalue weighted by Crippen LogP contribution is 2.34. The lowest BCUT2D eigenvalue weighted by molar-refractivity contribution is -0.384. The van der Waals surface area contributed by atoms with Crippen molar-refractivity contribution in [3.8, 4) is 11.5 Å². The zero-order valence-corrected chi connectivity index (χ0v) is 17.6. The second-order valence-corrected chi connectivity index (χ2v) is 6.71. The van der Waals surface area contributed by atoms with Crippen molar-refractivity contribution in [3.63, 3.8) is 0 Å². The Morgan fingerprint density at radius 3 is 2.28 bits per heavy atom. The number of nitro groups is 1. The van der Waals surface area contributed by atoms with Crippen LogP contribution in [0, 0.1) is 10.1 Å². The highest BCUT2D eigenvalue weighted by molar-refractivity contribution is 5.85. The fourth-order valence-corrected chi connectivity index (χ4v) is 3.31. The molecule has 0 saturated carbocycles. The lowest BCUT2D eigenvalue weighted by Gasteiger charge is -2.30. The number of hydrogen-bond donors (Lipinski definition) is 2. The van der Waals surface area contributed by atoms with E-state index in [2.05, 4.69) is 15.5 Å². The maximum Gasteiger partial charge on any atom is 0.292 e. The number of nitrogens with zero attached hydrogens (tertiary/aromatic N) is 2. The van der Waals surface area contributed by atoms with E-state index in [1.165, 1.54) is 0 Å². The highest BCUT2D eigenvalue weighted by atomic mass is 35.5. The first-order valence-electron chi connectivity index (χ1n) is 9.25. The van der Waals surface area contributed by atoms with Crippen LogP contribution >= 0.6 is 12.4 Å². The van der Waals surface area contributed by atoms with Gasteiger partial charge in [0, 0.05) is 50.0 Å². The van der Waals surface area contributed by atoms with Gasteiger partial charge in [0.05, 0.1) is 19.1 Å². The Labute approximate surface area is 176 Å². The number of halogens is 1. The molecule has 1 saturated heterocycles. The number of ether oxygens (including phenoxy) is 2. The van der Waals surface area contributed by atoms with Gasteiger partial charge in [-0.2, -0.15) is 0 Å². The molecule has 1 fully saturated rings. The highest BCUT2D eigenvalue weighted by Gasteiger charge is 2.20. The third-order valence-corrected chi connectivity index (χ3v) is 4.90. The number of nitrogens with one attached hydrogen (secondary N) is 2. The van der Waals surface area contributed by atoms with Gasteiger partial charge in [-0.05, 0) is 36.8 Å². The predicted molar refractivity (Wildman–Crippen MR) is 117 cm³/mol. The number of rotatable bonds is 7. The Bertz CT molecular complexity index is 821. The summed E-state index contributed by atoms with van der Waals surface area (Å²) in [6.45, 7) is 5.51. The van der Waals surface area contributed by atoms with Crippen LogP contribution in [0.2, 0.25) is 0 Å². The van der Waals surface area contributed by atoms with E-state index in [1.807, 2.05) is 31.2 Å². The number of methoxy groups -OCH3 is 2. The summed E-state index contributed by atoms with van der Waals surface area (Å²) >= 11 is 0. The van der Waals surface area contributed by atoms with Gasteiger partial charge in [-0.3, -0.25) is 10.1 Å². The SMILES string of the molecule is COc1cc(OC)cc(C(C)Nc2cc(N3CCNCC3)ccc2[N+](=O)[O-])c1.Cl. The average Bonchev–Trinajstić information content (AvgIpc) is 2.73. The van der Waals surface area contributed by atoms with Gasteiger partial charge in [0.2, 0.25) is 0 Å². The number of benzene rings is 2. The van der Waals surface area contributed by atoms with E-state index in [9.17, 15) is 10.1 Å². The number of anilines is 2. The van der Waals surface area contributed by atoms with Crippen molar-refractivity contribution < 1.29 is 14.4 Å². The van der Waals surface area contributed by atoms with Crippen LogP contribution in [0.5, 0.6) is 11.5 Å². The molecule has 1 aliphatic rings. The fraction of sp³-hybridized carbons (Fsp3) is 0.400. The Balaban J connectivity index is 0.00000300. The quantitative estimate of drug-likeness (QED) is 0.520. The van der Waals surface area contributed by atoms with E-state index in [1.54, 1.807) is 26.4 Å². The first-order chi connectivity index (χ1) is 13.5. The van der Waals surface area contributed by atoms with Crippen molar-refractivity contribution in [1.29, 1.82) is 0 Å². The predicted octanol–water partition coefficient (Wildman–Crippen LogP) is 3.62. The molecule has 0 spiro atoms. The summed E-state index contributed by atoms with van der Waals surface area (Å²) in [5.74, 6) is 1.35. The summed E-state index contributed by atoms with van der Waals surface area (Å²) in [7, 11) is 3.19. The van der Waals surface area contributed by atoms with E-state index in [0.29, 0.717) is 17.2 Å². The van der Waals surface area contributed by atoms with Crippen molar-refractivity contribution in [3.05, 3.63) is 52.1 Å². The molecule has 9 heteroatoms. The van der Waals surface area contributed by atoms with E-state index < -0.39 is 0 Å². The van der Waals surface area contributed by atoms with E-state index in [4.69, 9.17) is 9.47 Å². The molecule has 158 valence electrons. The zero-order chi connectivity index (χ0) is 20.1. The topological polar surface area (TPSA) is 88.9 Å². The second-order valence-electron chi connectivity index (χ2n) is 6.71. The van der Waals surface area contributed by atoms with Gasteiger partial charge < -0.3 is 25.0 Å². The van der Waals surface area contributed by atoms with Crippen molar-refractivity contribution in [2.75, 3.05) is 50.6 Å². The van der Waals surface area contributed by atoms with E-state index >= 15 is 0 Å². The summed E-state index contributed by atoms with van der Waals surface area (Å²) < 4.78 is 10.7. The molecule has 2 aromatic carbocycles. The molecule has 8 nitrogen and oxygen atoms in total. The van der Waals surface area contributed by atoms with Crippen molar-refractivity contribution in [2.24, 2.45) is 0 Å². The van der Waals surface area contributed by atoms with Crippen LogP contribution in [0.4, 0.5) is 17.1 Å². The third-order valence-electron chi connectivity index (χ3n) is 4.90. The summed E-state index contributed by atoms with van der Waals surface area (Å²) in [5.41, 5.74) is 2.44. The van der Waals surface area contributed by atoms with Crippen LogP contribution < -0.4 is 25.0 Å². The molecule has 2 N–H and O–H groups in total. The van der Waals surface area contributed by atoms with Crippen molar-refractivity contribution in [2.45, 2.75) is 13.0 Å². The maximum absolute atomic E-state index is 11.5. The minimum Gasteiger partial charge on any atom is -0.497 e. The molecular weight excluding hydrogens is 396 g/mol. The first-order valence-corrected chi connectivity index (χ1v) is 9.25. The summed E-state index contributed by atoms with van der Waals surface area (Å²) in [4.78, 5) is 13.4. The molecule has 2 aromatic rings. The molecular formula is C20H27ClN4O4. The molecule has 0 aliphatic carbocycles. The van der Waals surface area contributed by atoms with Gasteiger partial charge in [-0.15, -0.1) is 12.4 Å². The van der Waals surface area contributed by atoms with Gasteiger partial charge >= 0.3 is 0 Å². The standard InChI is InChI=1S/C20H26N4O4.ClH/c1-14(15-10-17(27-2)13-18(11-15)28-3)22-19-12-16(4-5-20(19)24(25)26)23-8-6-21-7-9-23;/h4-5,10-14,21-22H,6-9H2,1-3H3;1H. The van der Waals surface area contributed by atoms with Crippen LogP contribution in [0.3, 0.4) is 0 Å². The summed E-state index contributed by atoms with van der Waals surface area (Å²) in [5, 5.41) is 18.1. The summed E-state index contributed by atoms with van der Waals surface area (Å²) in [6, 6.07) is 10.6. The van der Waals surface area contributed by atoms with Gasteiger partial charge in [0.1, 0.15) is 17.2 Å². The van der Waals surface area contributed by atoms with E-state index in [-0.39, 0.29) is 29.1 Å². The molecule has 1 aliphatic heterocycles. The molecule has 0 amide bonds. The zero-order valence-electron chi connectivity index (χ0n) is 16.8. The van der Waals surface area contributed by atoms with Crippen LogP contribution in [0.15, 0.2) is 36.4 Å². The van der Waals surface area contributed by atoms with Crippen LogP contribution in [0.1, 0.15) is 18.5 Å². The maximum atomic E-state index is 11.5. The number of hydrogen-bond acceptors (Lipinski definition) is 7. The normalized spacial score (nSPS) is 14.5. The minimum atomic E-state index is -0.358. The van der Waals surface area contributed by atoms with Crippen LogP contribution in [-0.2, 0) is 0 Å². The van der Waals surface area contributed by atoms with Gasteiger partial charge in [-0.25, -0.2) is 0 Å². The average molecular weight is 423 g/mol. The molecule has 29 heavy (non-hydrogen) atoms. The lowest BCUT2D eigenvalue weighted by atomic mass is 10.1. The smallest absolute Gasteiger partial charge is 0.292 e.